The van der Waals surface area contributed by atoms with Crippen LogP contribution < -0.4 is 21.1 Å². The van der Waals surface area contributed by atoms with Crippen molar-refractivity contribution in [1.29, 1.82) is 0 Å². The lowest BCUT2D eigenvalue weighted by atomic mass is 10.0. The van der Waals surface area contributed by atoms with Crippen LogP contribution in [0.2, 0.25) is 0 Å². The number of ether oxygens (including phenoxy) is 1. The van der Waals surface area contributed by atoms with Gasteiger partial charge in [0.1, 0.15) is 11.3 Å². The monoisotopic (exact) mass is 543 g/mol. The van der Waals surface area contributed by atoms with E-state index in [0.717, 1.165) is 32.7 Å². The number of hydrogen-bond acceptors (Lipinski definition) is 8. The summed E-state index contributed by atoms with van der Waals surface area (Å²) in [7, 11) is 1.69. The Balaban J connectivity index is 1.37. The predicted molar refractivity (Wildman–Crippen MR) is 155 cm³/mol. The number of aromatic amines is 1. The number of amides is 1. The number of benzene rings is 2. The van der Waals surface area contributed by atoms with Crippen molar-refractivity contribution in [2.24, 2.45) is 0 Å². The van der Waals surface area contributed by atoms with Gasteiger partial charge >= 0.3 is 0 Å². The third-order valence-electron chi connectivity index (χ3n) is 6.73. The molecule has 4 aromatic rings. The molecule has 11 heteroatoms. The number of nitrogens with zero attached hydrogens (tertiary/aromatic N) is 4. The first-order chi connectivity index (χ1) is 19.4. The van der Waals surface area contributed by atoms with E-state index < -0.39 is 0 Å². The number of pyridine rings is 1. The highest BCUT2D eigenvalue weighted by molar-refractivity contribution is 6.00. The minimum absolute atomic E-state index is 0.246. The van der Waals surface area contributed by atoms with Crippen LogP contribution in [0.5, 0.6) is 0 Å². The summed E-state index contributed by atoms with van der Waals surface area (Å²) < 4.78 is 20.3. The van der Waals surface area contributed by atoms with Gasteiger partial charge in [0.2, 0.25) is 17.4 Å². The molecule has 0 spiro atoms. The van der Waals surface area contributed by atoms with E-state index in [1.807, 2.05) is 11.0 Å². The number of halogens is 1. The Labute approximate surface area is 230 Å². The van der Waals surface area contributed by atoms with Gasteiger partial charge in [-0.25, -0.2) is 14.4 Å². The number of carbonyl (C=O) groups excluding carboxylic acids is 1. The van der Waals surface area contributed by atoms with Gasteiger partial charge in [0.25, 0.3) is 0 Å². The molecular formula is C29H30FN7O3. The molecule has 5 rings (SSSR count). The molecule has 1 amide bonds. The summed E-state index contributed by atoms with van der Waals surface area (Å²) in [5, 5.41) is 5.79. The van der Waals surface area contributed by atoms with E-state index in [1.165, 1.54) is 24.4 Å². The maximum absolute atomic E-state index is 15.1. The molecule has 40 heavy (non-hydrogen) atoms. The van der Waals surface area contributed by atoms with E-state index >= 15 is 4.39 Å². The summed E-state index contributed by atoms with van der Waals surface area (Å²) in [5.41, 5.74) is 3.47. The summed E-state index contributed by atoms with van der Waals surface area (Å²) in [4.78, 5) is 40.1. The third kappa shape index (κ3) is 6.16. The van der Waals surface area contributed by atoms with Crippen LogP contribution in [0.1, 0.15) is 0 Å². The highest BCUT2D eigenvalue weighted by Crippen LogP contribution is 2.29. The van der Waals surface area contributed by atoms with Gasteiger partial charge in [0.15, 0.2) is 0 Å². The topological polar surface area (TPSA) is 115 Å². The van der Waals surface area contributed by atoms with Crippen molar-refractivity contribution in [1.82, 2.24) is 19.9 Å². The largest absolute Gasteiger partial charge is 0.383 e. The molecule has 0 atom stereocenters. The second kappa shape index (κ2) is 12.1. The summed E-state index contributed by atoms with van der Waals surface area (Å²) in [6, 6.07) is 13.5. The third-order valence-corrected chi connectivity index (χ3v) is 6.73. The van der Waals surface area contributed by atoms with Crippen molar-refractivity contribution in [2.75, 3.05) is 62.0 Å². The number of hydrogen-bond donors (Lipinski definition) is 3. The second-order valence-electron chi connectivity index (χ2n) is 9.39. The normalized spacial score (nSPS) is 13.8. The van der Waals surface area contributed by atoms with Crippen LogP contribution in [-0.4, -0.2) is 72.2 Å². The van der Waals surface area contributed by atoms with Crippen LogP contribution in [0.4, 0.5) is 27.4 Å². The van der Waals surface area contributed by atoms with Crippen molar-refractivity contribution in [3.63, 3.8) is 0 Å². The first kappa shape index (κ1) is 27.0. The minimum atomic E-state index is -0.343. The quantitative estimate of drug-likeness (QED) is 0.274. The molecule has 1 saturated heterocycles. The van der Waals surface area contributed by atoms with Crippen molar-refractivity contribution in [3.05, 3.63) is 83.6 Å². The highest BCUT2D eigenvalue weighted by atomic mass is 19.1. The Hall–Kier alpha value is -4.61. The molecule has 3 N–H and O–H groups in total. The van der Waals surface area contributed by atoms with Crippen molar-refractivity contribution >= 4 is 40.0 Å². The SMILES string of the molecule is C=CC(=O)Nc1cccc(-c2cc(=O)[nH]c3cnc(Nc4ccc(N5CCN(CCOC)CC5)c(F)c4)nc23)c1. The number of fused-ring (bicyclic) bond motifs is 1. The van der Waals surface area contributed by atoms with E-state index in [4.69, 9.17) is 4.74 Å². The zero-order valence-corrected chi connectivity index (χ0v) is 22.1. The molecule has 1 fully saturated rings. The smallest absolute Gasteiger partial charge is 0.249 e. The van der Waals surface area contributed by atoms with E-state index in [0.29, 0.717) is 45.8 Å². The van der Waals surface area contributed by atoms with Gasteiger partial charge in [0, 0.05) is 62.8 Å². The van der Waals surface area contributed by atoms with E-state index in [2.05, 4.69) is 37.1 Å². The number of aromatic nitrogens is 3. The summed E-state index contributed by atoms with van der Waals surface area (Å²) in [6.07, 6.45) is 2.69. The molecule has 0 unspecified atom stereocenters. The fourth-order valence-corrected chi connectivity index (χ4v) is 4.69. The standard InChI is InChI=1S/C29H30FN7O3/c1-3-26(38)32-20-6-4-5-19(15-20)22-17-27(39)34-24-18-31-29(35-28(22)24)33-21-7-8-25(23(30)16-21)37-11-9-36(10-12-37)13-14-40-2/h3-8,15-18H,1,9-14H2,2H3,(H,32,38)(H,34,39)(H,31,33,35). The first-order valence-corrected chi connectivity index (χ1v) is 12.9. The number of methoxy groups -OCH3 is 1. The molecule has 0 bridgehead atoms. The van der Waals surface area contributed by atoms with Crippen LogP contribution >= 0.6 is 0 Å². The molecule has 0 radical (unpaired) electrons. The Morgan fingerprint density at radius 2 is 1.98 bits per heavy atom. The zero-order valence-electron chi connectivity index (χ0n) is 22.1. The van der Waals surface area contributed by atoms with Gasteiger partial charge in [-0.1, -0.05) is 18.7 Å². The average Bonchev–Trinajstić information content (AvgIpc) is 2.96. The first-order valence-electron chi connectivity index (χ1n) is 12.9. The van der Waals surface area contributed by atoms with Gasteiger partial charge in [-0.05, 0) is 42.0 Å². The average molecular weight is 544 g/mol. The molecule has 10 nitrogen and oxygen atoms in total. The van der Waals surface area contributed by atoms with Gasteiger partial charge in [-0.2, -0.15) is 0 Å². The Morgan fingerprint density at radius 1 is 1.15 bits per heavy atom. The molecule has 1 aliphatic rings. The van der Waals surface area contributed by atoms with Crippen LogP contribution in [0.25, 0.3) is 22.2 Å². The van der Waals surface area contributed by atoms with Crippen LogP contribution in [0.3, 0.4) is 0 Å². The molecule has 1 aliphatic heterocycles. The second-order valence-corrected chi connectivity index (χ2v) is 9.39. The number of anilines is 4. The Bertz CT molecular complexity index is 1600. The van der Waals surface area contributed by atoms with Gasteiger partial charge in [0.05, 0.1) is 24.0 Å². The molecular weight excluding hydrogens is 513 g/mol. The molecule has 3 heterocycles. The summed E-state index contributed by atoms with van der Waals surface area (Å²) >= 11 is 0. The molecule has 2 aromatic carbocycles. The Morgan fingerprint density at radius 3 is 2.73 bits per heavy atom. The van der Waals surface area contributed by atoms with Gasteiger partial charge in [-0.3, -0.25) is 14.5 Å². The molecule has 0 aliphatic carbocycles. The lowest BCUT2D eigenvalue weighted by molar-refractivity contribution is -0.111. The van der Waals surface area contributed by atoms with Crippen molar-refractivity contribution < 1.29 is 13.9 Å². The number of piperazine rings is 1. The maximum atomic E-state index is 15.1. The number of H-pyrrole nitrogens is 1. The molecule has 2 aromatic heterocycles. The lowest BCUT2D eigenvalue weighted by Crippen LogP contribution is -2.47. The van der Waals surface area contributed by atoms with Gasteiger partial charge in [-0.15, -0.1) is 0 Å². The fraction of sp³-hybridized carbons (Fsp3) is 0.241. The van der Waals surface area contributed by atoms with E-state index in [-0.39, 0.29) is 23.2 Å². The maximum Gasteiger partial charge on any atom is 0.249 e. The molecule has 0 saturated carbocycles. The number of carbonyl (C=O) groups is 1. The summed E-state index contributed by atoms with van der Waals surface area (Å²) in [5.74, 6) is -0.431. The van der Waals surface area contributed by atoms with Gasteiger partial charge < -0.3 is 25.3 Å². The number of nitrogens with one attached hydrogen (secondary N) is 3. The summed E-state index contributed by atoms with van der Waals surface area (Å²) in [6.45, 7) is 8.19. The Kier molecular flexibility index (Phi) is 8.13. The number of rotatable bonds is 9. The van der Waals surface area contributed by atoms with Crippen molar-refractivity contribution in [3.8, 4) is 11.1 Å². The minimum Gasteiger partial charge on any atom is -0.383 e. The van der Waals surface area contributed by atoms with Crippen LogP contribution in [-0.2, 0) is 9.53 Å². The fourth-order valence-electron chi connectivity index (χ4n) is 4.69. The van der Waals surface area contributed by atoms with Crippen LogP contribution in [0, 0.1) is 5.82 Å². The lowest BCUT2D eigenvalue weighted by Gasteiger charge is -2.36. The van der Waals surface area contributed by atoms with E-state index in [9.17, 15) is 9.59 Å². The van der Waals surface area contributed by atoms with Crippen LogP contribution in [0.15, 0.2) is 72.2 Å². The predicted octanol–water partition coefficient (Wildman–Crippen LogP) is 3.76. The highest BCUT2D eigenvalue weighted by Gasteiger charge is 2.20. The zero-order chi connectivity index (χ0) is 28.1. The van der Waals surface area contributed by atoms with E-state index in [1.54, 1.807) is 37.4 Å². The van der Waals surface area contributed by atoms with Crippen molar-refractivity contribution in [2.45, 2.75) is 0 Å². The molecule has 206 valence electrons.